The van der Waals surface area contributed by atoms with E-state index >= 15 is 0 Å². The van der Waals surface area contributed by atoms with Crippen molar-refractivity contribution in [3.8, 4) is 0 Å². The zero-order valence-electron chi connectivity index (χ0n) is 9.63. The van der Waals surface area contributed by atoms with Gasteiger partial charge in [0.05, 0.1) is 0 Å². The molecule has 1 saturated heterocycles. The molecule has 1 fully saturated rings. The predicted octanol–water partition coefficient (Wildman–Crippen LogP) is 1.88. The summed E-state index contributed by atoms with van der Waals surface area (Å²) in [4.78, 5) is 2.42. The first-order chi connectivity index (χ1) is 6.72. The van der Waals surface area contributed by atoms with Crippen molar-refractivity contribution in [2.45, 2.75) is 32.2 Å². The van der Waals surface area contributed by atoms with E-state index in [9.17, 15) is 0 Å². The molecular formula is C12H24N2. The van der Waals surface area contributed by atoms with Gasteiger partial charge in [-0.2, -0.15) is 0 Å². The van der Waals surface area contributed by atoms with Crippen molar-refractivity contribution in [3.63, 3.8) is 0 Å². The molecule has 0 aromatic heterocycles. The third-order valence-corrected chi connectivity index (χ3v) is 3.11. The summed E-state index contributed by atoms with van der Waals surface area (Å²) in [6.07, 6.45) is 5.77. The summed E-state index contributed by atoms with van der Waals surface area (Å²) in [7, 11) is 2.21. The van der Waals surface area contributed by atoms with Gasteiger partial charge < -0.3 is 10.2 Å². The summed E-state index contributed by atoms with van der Waals surface area (Å²) < 4.78 is 0. The van der Waals surface area contributed by atoms with Gasteiger partial charge in [-0.25, -0.2) is 0 Å². The van der Waals surface area contributed by atoms with E-state index in [1.54, 1.807) is 0 Å². The molecule has 1 heterocycles. The zero-order chi connectivity index (χ0) is 10.4. The van der Waals surface area contributed by atoms with Crippen LogP contribution in [-0.4, -0.2) is 37.6 Å². The second-order valence-corrected chi connectivity index (χ2v) is 4.58. The minimum absolute atomic E-state index is 0.590. The van der Waals surface area contributed by atoms with Crippen molar-refractivity contribution >= 4 is 0 Å². The second-order valence-electron chi connectivity index (χ2n) is 4.58. The van der Waals surface area contributed by atoms with Crippen LogP contribution in [0.1, 0.15) is 26.2 Å². The molecule has 1 unspecified atom stereocenters. The maximum absolute atomic E-state index is 3.76. The van der Waals surface area contributed by atoms with Crippen molar-refractivity contribution in [1.82, 2.24) is 10.2 Å². The maximum atomic E-state index is 3.76. The van der Waals surface area contributed by atoms with E-state index in [4.69, 9.17) is 0 Å². The molecule has 1 N–H and O–H groups in total. The normalized spacial score (nSPS) is 22.1. The Morgan fingerprint density at radius 3 is 2.71 bits per heavy atom. The minimum Gasteiger partial charge on any atom is -0.314 e. The second kappa shape index (κ2) is 6.20. The van der Waals surface area contributed by atoms with Crippen molar-refractivity contribution < 1.29 is 0 Å². The lowest BCUT2D eigenvalue weighted by molar-refractivity contribution is 0.213. The highest BCUT2D eigenvalue weighted by Crippen LogP contribution is 2.14. The number of rotatable bonds is 5. The fourth-order valence-corrected chi connectivity index (χ4v) is 1.97. The first kappa shape index (κ1) is 11.7. The van der Waals surface area contributed by atoms with E-state index in [-0.39, 0.29) is 0 Å². The SMILES string of the molecule is C=CCC(C)NCC1CCN(C)CC1. The molecule has 2 heteroatoms. The van der Waals surface area contributed by atoms with Crippen LogP contribution in [0, 0.1) is 5.92 Å². The van der Waals surface area contributed by atoms with Crippen LogP contribution in [0.15, 0.2) is 12.7 Å². The van der Waals surface area contributed by atoms with E-state index in [0.717, 1.165) is 12.3 Å². The molecule has 0 radical (unpaired) electrons. The third kappa shape index (κ3) is 4.25. The van der Waals surface area contributed by atoms with E-state index in [1.165, 1.54) is 32.5 Å². The molecule has 1 atom stereocenters. The molecule has 1 aliphatic rings. The van der Waals surface area contributed by atoms with Gasteiger partial charge in [-0.3, -0.25) is 0 Å². The van der Waals surface area contributed by atoms with Gasteiger partial charge in [-0.1, -0.05) is 6.08 Å². The van der Waals surface area contributed by atoms with Crippen LogP contribution in [0.4, 0.5) is 0 Å². The Bertz CT molecular complexity index is 160. The van der Waals surface area contributed by atoms with E-state index in [1.807, 2.05) is 6.08 Å². The van der Waals surface area contributed by atoms with Gasteiger partial charge in [0.2, 0.25) is 0 Å². The molecule has 1 rings (SSSR count). The van der Waals surface area contributed by atoms with Crippen LogP contribution in [0.2, 0.25) is 0 Å². The van der Waals surface area contributed by atoms with Crippen LogP contribution in [0.25, 0.3) is 0 Å². The molecule has 2 nitrogen and oxygen atoms in total. The van der Waals surface area contributed by atoms with Crippen molar-refractivity contribution in [2.75, 3.05) is 26.7 Å². The topological polar surface area (TPSA) is 15.3 Å². The summed E-state index contributed by atoms with van der Waals surface area (Å²) in [5.74, 6) is 0.887. The maximum Gasteiger partial charge on any atom is 0.00732 e. The van der Waals surface area contributed by atoms with Gasteiger partial charge in [-0.15, -0.1) is 6.58 Å². The van der Waals surface area contributed by atoms with Crippen LogP contribution in [-0.2, 0) is 0 Å². The number of nitrogens with zero attached hydrogens (tertiary/aromatic N) is 1. The number of likely N-dealkylation sites (tertiary alicyclic amines) is 1. The molecule has 82 valence electrons. The van der Waals surface area contributed by atoms with E-state index in [0.29, 0.717) is 6.04 Å². The van der Waals surface area contributed by atoms with Gasteiger partial charge in [0.15, 0.2) is 0 Å². The van der Waals surface area contributed by atoms with Crippen molar-refractivity contribution in [2.24, 2.45) is 5.92 Å². The largest absolute Gasteiger partial charge is 0.314 e. The fraction of sp³-hybridized carbons (Fsp3) is 0.833. The third-order valence-electron chi connectivity index (χ3n) is 3.11. The van der Waals surface area contributed by atoms with E-state index in [2.05, 4.69) is 30.8 Å². The van der Waals surface area contributed by atoms with Gasteiger partial charge >= 0.3 is 0 Å². The van der Waals surface area contributed by atoms with Gasteiger partial charge in [-0.05, 0) is 58.8 Å². The molecule has 0 aromatic rings. The zero-order valence-corrected chi connectivity index (χ0v) is 9.63. The van der Waals surface area contributed by atoms with Crippen molar-refractivity contribution in [3.05, 3.63) is 12.7 Å². The highest BCUT2D eigenvalue weighted by Gasteiger charge is 2.16. The van der Waals surface area contributed by atoms with Gasteiger partial charge in [0.1, 0.15) is 0 Å². The summed E-state index contributed by atoms with van der Waals surface area (Å²) in [5.41, 5.74) is 0. The number of piperidine rings is 1. The number of hydrogen-bond donors (Lipinski definition) is 1. The number of hydrogen-bond acceptors (Lipinski definition) is 2. The van der Waals surface area contributed by atoms with Crippen LogP contribution in [0.3, 0.4) is 0 Å². The Morgan fingerprint density at radius 2 is 2.14 bits per heavy atom. The molecule has 14 heavy (non-hydrogen) atoms. The summed E-state index contributed by atoms with van der Waals surface area (Å²) in [6.45, 7) is 9.71. The lowest BCUT2D eigenvalue weighted by Crippen LogP contribution is -2.37. The van der Waals surface area contributed by atoms with Crippen LogP contribution in [0.5, 0.6) is 0 Å². The summed E-state index contributed by atoms with van der Waals surface area (Å²) in [6, 6.07) is 0.590. The van der Waals surface area contributed by atoms with Gasteiger partial charge in [0, 0.05) is 6.04 Å². The van der Waals surface area contributed by atoms with E-state index < -0.39 is 0 Å². The Hall–Kier alpha value is -0.340. The van der Waals surface area contributed by atoms with Crippen LogP contribution < -0.4 is 5.32 Å². The molecule has 0 aliphatic carbocycles. The fourth-order valence-electron chi connectivity index (χ4n) is 1.97. The Kier molecular flexibility index (Phi) is 5.20. The predicted molar refractivity (Wildman–Crippen MR) is 62.5 cm³/mol. The number of nitrogens with one attached hydrogen (secondary N) is 1. The average Bonchev–Trinajstić information content (AvgIpc) is 2.17. The Balaban J connectivity index is 2.09. The van der Waals surface area contributed by atoms with Gasteiger partial charge in [0.25, 0.3) is 0 Å². The highest BCUT2D eigenvalue weighted by molar-refractivity contribution is 4.77. The quantitative estimate of drug-likeness (QED) is 0.675. The molecular weight excluding hydrogens is 172 g/mol. The lowest BCUT2D eigenvalue weighted by atomic mass is 9.97. The first-order valence-corrected chi connectivity index (χ1v) is 5.75. The Labute approximate surface area is 88.4 Å². The first-order valence-electron chi connectivity index (χ1n) is 5.75. The highest BCUT2D eigenvalue weighted by atomic mass is 15.1. The molecule has 0 bridgehead atoms. The van der Waals surface area contributed by atoms with Crippen LogP contribution >= 0.6 is 0 Å². The summed E-state index contributed by atoms with van der Waals surface area (Å²) >= 11 is 0. The molecule has 0 spiro atoms. The minimum atomic E-state index is 0.590. The summed E-state index contributed by atoms with van der Waals surface area (Å²) in [5, 5.41) is 3.58. The standard InChI is InChI=1S/C12H24N2/c1-4-5-11(2)13-10-12-6-8-14(3)9-7-12/h4,11-13H,1,5-10H2,2-3H3. The molecule has 0 aromatic carbocycles. The lowest BCUT2D eigenvalue weighted by Gasteiger charge is -2.29. The molecule has 1 aliphatic heterocycles. The monoisotopic (exact) mass is 196 g/mol. The van der Waals surface area contributed by atoms with Crippen molar-refractivity contribution in [1.29, 1.82) is 0 Å². The molecule has 0 amide bonds. The molecule has 0 saturated carbocycles. The average molecular weight is 196 g/mol. The smallest absolute Gasteiger partial charge is 0.00732 e. The Morgan fingerprint density at radius 1 is 1.50 bits per heavy atom.